The van der Waals surface area contributed by atoms with Crippen molar-refractivity contribution >= 4 is 11.8 Å². The summed E-state index contributed by atoms with van der Waals surface area (Å²) in [5.74, 6) is -3.87. The Morgan fingerprint density at radius 2 is 1.91 bits per heavy atom. The lowest BCUT2D eigenvalue weighted by atomic mass is 10.0. The highest BCUT2D eigenvalue weighted by atomic mass is 19.1. The van der Waals surface area contributed by atoms with Gasteiger partial charge in [0.2, 0.25) is 5.43 Å². The van der Waals surface area contributed by atoms with Gasteiger partial charge in [-0.2, -0.15) is 0 Å². The Morgan fingerprint density at radius 3 is 2.66 bits per heavy atom. The van der Waals surface area contributed by atoms with Crippen molar-refractivity contribution in [2.45, 2.75) is 31.8 Å². The molecule has 180 valence electrons. The molecule has 2 atom stereocenters. The first kappa shape index (κ1) is 22.7. The van der Waals surface area contributed by atoms with E-state index in [4.69, 9.17) is 4.74 Å². The molecular formula is C25H21F2N3O5. The van der Waals surface area contributed by atoms with Gasteiger partial charge in [-0.05, 0) is 18.1 Å². The number of nitrogens with zero attached hydrogens (tertiary/aromatic N) is 2. The molecule has 8 nitrogen and oxygen atoms in total. The fraction of sp³-hybridized carbons (Fsp3) is 0.240. The molecule has 1 aromatic heterocycles. The summed E-state index contributed by atoms with van der Waals surface area (Å²) in [5.41, 5.74) is -0.642. The maximum Gasteiger partial charge on any atom is 0.276 e. The number of hydrogen-bond donors (Lipinski definition) is 2. The zero-order valence-corrected chi connectivity index (χ0v) is 18.4. The first-order valence-corrected chi connectivity index (χ1v) is 11.0. The number of nitrogens with one attached hydrogen (secondary N) is 1. The van der Waals surface area contributed by atoms with Crippen molar-refractivity contribution in [1.82, 2.24) is 14.8 Å². The van der Waals surface area contributed by atoms with Gasteiger partial charge in [-0.15, -0.1) is 0 Å². The summed E-state index contributed by atoms with van der Waals surface area (Å²) in [6, 6.07) is 12.5. The van der Waals surface area contributed by atoms with E-state index in [0.29, 0.717) is 19.0 Å². The molecule has 0 bridgehead atoms. The summed E-state index contributed by atoms with van der Waals surface area (Å²) < 4.78 is 34.5. The standard InChI is InChI=1S/C25H21F2N3O5/c26-16-7-6-15(18(27)10-16)11-28-24(33)17-12-29-13-20-30(25(34)21(29)23(32)22(17)31)9-8-19(35-20)14-4-2-1-3-5-14/h1-7,10,12,19-20,32H,8-9,11,13H2,(H,28,33)/t19-,20-/m0/s1. The van der Waals surface area contributed by atoms with Crippen LogP contribution in [0.4, 0.5) is 8.78 Å². The van der Waals surface area contributed by atoms with Crippen molar-refractivity contribution in [2.75, 3.05) is 6.54 Å². The summed E-state index contributed by atoms with van der Waals surface area (Å²) in [5, 5.41) is 12.9. The molecule has 2 aromatic carbocycles. The van der Waals surface area contributed by atoms with E-state index >= 15 is 0 Å². The van der Waals surface area contributed by atoms with Crippen LogP contribution in [-0.4, -0.2) is 39.2 Å². The number of rotatable bonds is 4. The van der Waals surface area contributed by atoms with Crippen LogP contribution in [0.3, 0.4) is 0 Å². The van der Waals surface area contributed by atoms with Crippen LogP contribution in [0.1, 0.15) is 44.5 Å². The molecule has 0 saturated carbocycles. The van der Waals surface area contributed by atoms with E-state index in [0.717, 1.165) is 11.6 Å². The third-order valence-electron chi connectivity index (χ3n) is 6.24. The van der Waals surface area contributed by atoms with E-state index in [1.807, 2.05) is 30.3 Å². The molecule has 0 unspecified atom stereocenters. The average Bonchev–Trinajstić information content (AvgIpc) is 2.85. The van der Waals surface area contributed by atoms with Gasteiger partial charge in [0.05, 0.1) is 12.6 Å². The van der Waals surface area contributed by atoms with Crippen LogP contribution in [0.2, 0.25) is 0 Å². The number of aromatic hydroxyl groups is 1. The Kier molecular flexibility index (Phi) is 5.81. The average molecular weight is 481 g/mol. The Bertz CT molecular complexity index is 1380. The SMILES string of the molecule is O=C(NCc1ccc(F)cc1F)c1cn2c(c(O)c1=O)C(=O)N1CC[C@@H](c3ccccc3)O[C@H]1C2. The molecule has 10 heteroatoms. The van der Waals surface area contributed by atoms with Gasteiger partial charge >= 0.3 is 0 Å². The van der Waals surface area contributed by atoms with E-state index in [-0.39, 0.29) is 30.5 Å². The number of carbonyl (C=O) groups is 2. The van der Waals surface area contributed by atoms with Crippen LogP contribution in [0.15, 0.2) is 59.5 Å². The fourth-order valence-electron chi connectivity index (χ4n) is 4.44. The molecule has 0 radical (unpaired) electrons. The van der Waals surface area contributed by atoms with Crippen molar-refractivity contribution < 1.29 is 28.2 Å². The van der Waals surface area contributed by atoms with Crippen LogP contribution >= 0.6 is 0 Å². The van der Waals surface area contributed by atoms with Crippen molar-refractivity contribution in [3.05, 3.63) is 99.0 Å². The molecule has 2 amide bonds. The first-order chi connectivity index (χ1) is 16.8. The number of pyridine rings is 1. The van der Waals surface area contributed by atoms with Crippen molar-refractivity contribution in [3.8, 4) is 5.75 Å². The number of amides is 2. The normalized spacial score (nSPS) is 19.1. The fourth-order valence-corrected chi connectivity index (χ4v) is 4.44. The minimum atomic E-state index is -1.01. The van der Waals surface area contributed by atoms with E-state index in [1.165, 1.54) is 21.7 Å². The van der Waals surface area contributed by atoms with Crippen molar-refractivity contribution in [1.29, 1.82) is 0 Å². The second-order valence-electron chi connectivity index (χ2n) is 8.42. The second kappa shape index (κ2) is 8.95. The molecule has 1 saturated heterocycles. The molecule has 2 aliphatic rings. The first-order valence-electron chi connectivity index (χ1n) is 11.0. The largest absolute Gasteiger partial charge is 0.503 e. The predicted octanol–water partition coefficient (Wildman–Crippen LogP) is 2.71. The third kappa shape index (κ3) is 4.17. The lowest BCUT2D eigenvalue weighted by Gasteiger charge is -2.43. The second-order valence-corrected chi connectivity index (χ2v) is 8.42. The van der Waals surface area contributed by atoms with Crippen molar-refractivity contribution in [2.24, 2.45) is 0 Å². The Labute approximate surface area is 198 Å². The molecule has 0 spiro atoms. The lowest BCUT2D eigenvalue weighted by Crippen LogP contribution is -2.54. The molecular weight excluding hydrogens is 460 g/mol. The maximum absolute atomic E-state index is 13.9. The molecule has 5 rings (SSSR count). The molecule has 2 aliphatic heterocycles. The van der Waals surface area contributed by atoms with Gasteiger partial charge < -0.3 is 24.6 Å². The minimum absolute atomic E-state index is 0.0235. The third-order valence-corrected chi connectivity index (χ3v) is 6.24. The monoisotopic (exact) mass is 481 g/mol. The molecule has 1 fully saturated rings. The Hall–Kier alpha value is -4.05. The van der Waals surface area contributed by atoms with E-state index in [1.54, 1.807) is 0 Å². The lowest BCUT2D eigenvalue weighted by molar-refractivity contribution is -0.136. The minimum Gasteiger partial charge on any atom is -0.503 e. The smallest absolute Gasteiger partial charge is 0.276 e. The van der Waals surface area contributed by atoms with Crippen LogP contribution in [0.25, 0.3) is 0 Å². The van der Waals surface area contributed by atoms with E-state index < -0.39 is 46.4 Å². The number of aromatic nitrogens is 1. The maximum atomic E-state index is 13.9. The van der Waals surface area contributed by atoms with Gasteiger partial charge in [0, 0.05) is 30.9 Å². The van der Waals surface area contributed by atoms with E-state index in [9.17, 15) is 28.3 Å². The van der Waals surface area contributed by atoms with Gasteiger partial charge in [0.1, 0.15) is 17.2 Å². The number of halogens is 2. The Balaban J connectivity index is 1.40. The molecule has 0 aliphatic carbocycles. The summed E-state index contributed by atoms with van der Waals surface area (Å²) in [6.07, 6.45) is 0.865. The highest BCUT2D eigenvalue weighted by Gasteiger charge is 2.40. The zero-order valence-electron chi connectivity index (χ0n) is 18.4. The molecule has 3 heterocycles. The number of fused-ring (bicyclic) bond motifs is 2. The van der Waals surface area contributed by atoms with Gasteiger partial charge in [0.25, 0.3) is 11.8 Å². The molecule has 3 aromatic rings. The highest BCUT2D eigenvalue weighted by Crippen LogP contribution is 2.34. The van der Waals surface area contributed by atoms with Crippen molar-refractivity contribution in [3.63, 3.8) is 0 Å². The van der Waals surface area contributed by atoms with Crippen LogP contribution in [0.5, 0.6) is 5.75 Å². The van der Waals surface area contributed by atoms with Gasteiger partial charge in [-0.3, -0.25) is 14.4 Å². The number of hydrogen-bond acceptors (Lipinski definition) is 5. The molecule has 35 heavy (non-hydrogen) atoms. The summed E-state index contributed by atoms with van der Waals surface area (Å²) in [7, 11) is 0. The zero-order chi connectivity index (χ0) is 24.7. The summed E-state index contributed by atoms with van der Waals surface area (Å²) in [4.78, 5) is 39.9. The predicted molar refractivity (Wildman–Crippen MR) is 120 cm³/mol. The Morgan fingerprint density at radius 1 is 1.14 bits per heavy atom. The number of benzene rings is 2. The number of carbonyl (C=O) groups excluding carboxylic acids is 2. The topological polar surface area (TPSA) is 101 Å². The van der Waals surface area contributed by atoms with Gasteiger partial charge in [-0.25, -0.2) is 8.78 Å². The van der Waals surface area contributed by atoms with Crippen LogP contribution in [0, 0.1) is 11.6 Å². The quantitative estimate of drug-likeness (QED) is 0.597. The molecule has 2 N–H and O–H groups in total. The van der Waals surface area contributed by atoms with Crippen LogP contribution in [-0.2, 0) is 17.8 Å². The summed E-state index contributed by atoms with van der Waals surface area (Å²) in [6.45, 7) is 0.178. The van der Waals surface area contributed by atoms with Crippen LogP contribution < -0.4 is 10.7 Å². The highest BCUT2D eigenvalue weighted by molar-refractivity contribution is 5.99. The van der Waals surface area contributed by atoms with Gasteiger partial charge in [-0.1, -0.05) is 36.4 Å². The van der Waals surface area contributed by atoms with Gasteiger partial charge in [0.15, 0.2) is 17.7 Å². The summed E-state index contributed by atoms with van der Waals surface area (Å²) >= 11 is 0. The van der Waals surface area contributed by atoms with E-state index in [2.05, 4.69) is 5.32 Å². The number of ether oxygens (including phenoxy) is 1.